The molecule has 4 rings (SSSR count). The van der Waals surface area contributed by atoms with Gasteiger partial charge in [0.15, 0.2) is 23.0 Å². The number of rotatable bonds is 6. The minimum absolute atomic E-state index is 0.0266. The molecule has 0 fully saturated rings. The molecule has 0 saturated heterocycles. The molecule has 0 saturated carbocycles. The molecule has 0 bridgehead atoms. The van der Waals surface area contributed by atoms with Crippen molar-refractivity contribution >= 4 is 17.8 Å². The lowest BCUT2D eigenvalue weighted by atomic mass is 9.95. The highest BCUT2D eigenvalue weighted by atomic mass is 16.7. The van der Waals surface area contributed by atoms with E-state index in [0.29, 0.717) is 17.1 Å². The molecule has 2 aromatic carbocycles. The monoisotopic (exact) mass is 393 g/mol. The van der Waals surface area contributed by atoms with E-state index in [1.807, 2.05) is 30.3 Å². The normalized spacial score (nSPS) is 18.2. The van der Waals surface area contributed by atoms with Crippen LogP contribution in [0.2, 0.25) is 0 Å². The number of allylic oxidation sites excluding steroid dienone is 1. The number of ketones is 1. The Balaban J connectivity index is 1.72. The highest BCUT2D eigenvalue weighted by Crippen LogP contribution is 2.41. The van der Waals surface area contributed by atoms with E-state index in [9.17, 15) is 19.8 Å². The standard InChI is InChI=1S/C22H19NO6/c24-11-10-23-20(15-7-9-17-18(12-15)29-13-28-17)19(21(26)22(23)27)16(25)8-6-14-4-2-1-3-5-14/h1-9,12,20,24,26H,10-11,13H2/b8-6+/t20-/m1/s1. The number of hydrogen-bond acceptors (Lipinski definition) is 6. The van der Waals surface area contributed by atoms with E-state index in [2.05, 4.69) is 0 Å². The molecule has 2 heterocycles. The first-order chi connectivity index (χ1) is 14.1. The molecule has 1 amide bonds. The first-order valence-electron chi connectivity index (χ1n) is 9.12. The van der Waals surface area contributed by atoms with Gasteiger partial charge in [-0.3, -0.25) is 9.59 Å². The number of ether oxygens (including phenoxy) is 2. The second kappa shape index (κ2) is 7.81. The fourth-order valence-corrected chi connectivity index (χ4v) is 3.50. The first kappa shape index (κ1) is 18.8. The fourth-order valence-electron chi connectivity index (χ4n) is 3.50. The van der Waals surface area contributed by atoms with Gasteiger partial charge in [0.2, 0.25) is 6.79 Å². The Morgan fingerprint density at radius 3 is 2.66 bits per heavy atom. The summed E-state index contributed by atoms with van der Waals surface area (Å²) in [5.74, 6) is -0.724. The third-order valence-electron chi connectivity index (χ3n) is 4.85. The van der Waals surface area contributed by atoms with E-state index in [4.69, 9.17) is 9.47 Å². The highest BCUT2D eigenvalue weighted by Gasteiger charge is 2.43. The number of amides is 1. The Labute approximate surface area is 167 Å². The molecule has 0 radical (unpaired) electrons. The Hall–Kier alpha value is -3.58. The van der Waals surface area contributed by atoms with Crippen molar-refractivity contribution < 1.29 is 29.3 Å². The zero-order valence-corrected chi connectivity index (χ0v) is 15.4. The number of aliphatic hydroxyl groups excluding tert-OH is 2. The van der Waals surface area contributed by atoms with E-state index in [1.54, 1.807) is 24.3 Å². The van der Waals surface area contributed by atoms with E-state index < -0.39 is 23.5 Å². The molecule has 148 valence electrons. The number of carbonyl (C=O) groups is 2. The summed E-state index contributed by atoms with van der Waals surface area (Å²) >= 11 is 0. The highest BCUT2D eigenvalue weighted by molar-refractivity contribution is 6.14. The molecular formula is C22H19NO6. The van der Waals surface area contributed by atoms with Crippen molar-refractivity contribution in [3.63, 3.8) is 0 Å². The molecule has 7 heteroatoms. The van der Waals surface area contributed by atoms with Crippen LogP contribution >= 0.6 is 0 Å². The largest absolute Gasteiger partial charge is 0.503 e. The summed E-state index contributed by atoms with van der Waals surface area (Å²) in [5.41, 5.74) is 1.36. The number of fused-ring (bicyclic) bond motifs is 1. The van der Waals surface area contributed by atoms with Gasteiger partial charge < -0.3 is 24.6 Å². The molecule has 0 unspecified atom stereocenters. The van der Waals surface area contributed by atoms with Crippen molar-refractivity contribution in [1.82, 2.24) is 4.90 Å². The maximum Gasteiger partial charge on any atom is 0.290 e. The lowest BCUT2D eigenvalue weighted by molar-refractivity contribution is -0.129. The molecule has 0 aromatic heterocycles. The van der Waals surface area contributed by atoms with Crippen molar-refractivity contribution in [2.75, 3.05) is 19.9 Å². The van der Waals surface area contributed by atoms with Crippen molar-refractivity contribution in [1.29, 1.82) is 0 Å². The predicted molar refractivity (Wildman–Crippen MR) is 104 cm³/mol. The van der Waals surface area contributed by atoms with Crippen molar-refractivity contribution in [2.24, 2.45) is 0 Å². The van der Waals surface area contributed by atoms with Crippen LogP contribution in [-0.2, 0) is 9.59 Å². The summed E-state index contributed by atoms with van der Waals surface area (Å²) in [6.07, 6.45) is 2.95. The van der Waals surface area contributed by atoms with Gasteiger partial charge >= 0.3 is 0 Å². The maximum atomic E-state index is 12.9. The molecule has 29 heavy (non-hydrogen) atoms. The number of hydrogen-bond donors (Lipinski definition) is 2. The zero-order chi connectivity index (χ0) is 20.4. The quantitative estimate of drug-likeness (QED) is 0.732. The molecule has 0 spiro atoms. The molecule has 2 aromatic rings. The van der Waals surface area contributed by atoms with Gasteiger partial charge in [-0.2, -0.15) is 0 Å². The SMILES string of the molecule is O=C(/C=C/c1ccccc1)C1=C(O)C(=O)N(CCO)[C@@H]1c1ccc2c(c1)OCO2. The summed E-state index contributed by atoms with van der Waals surface area (Å²) < 4.78 is 10.7. The van der Waals surface area contributed by atoms with Crippen LogP contribution < -0.4 is 9.47 Å². The molecule has 1 atom stereocenters. The van der Waals surface area contributed by atoms with Gasteiger partial charge in [0.25, 0.3) is 5.91 Å². The smallest absolute Gasteiger partial charge is 0.290 e. The van der Waals surface area contributed by atoms with Crippen LogP contribution in [0.5, 0.6) is 11.5 Å². The van der Waals surface area contributed by atoms with E-state index in [0.717, 1.165) is 5.56 Å². The molecule has 2 N–H and O–H groups in total. The topological polar surface area (TPSA) is 96.3 Å². The van der Waals surface area contributed by atoms with E-state index in [-0.39, 0.29) is 25.5 Å². The summed E-state index contributed by atoms with van der Waals surface area (Å²) in [4.78, 5) is 26.8. The number of benzene rings is 2. The number of nitrogens with zero attached hydrogens (tertiary/aromatic N) is 1. The zero-order valence-electron chi connectivity index (χ0n) is 15.4. The molecule has 0 aliphatic carbocycles. The molecular weight excluding hydrogens is 374 g/mol. The molecule has 2 aliphatic rings. The van der Waals surface area contributed by atoms with Crippen molar-refractivity contribution in [3.05, 3.63) is 77.1 Å². The average Bonchev–Trinajstić information content (AvgIpc) is 3.30. The predicted octanol–water partition coefficient (Wildman–Crippen LogP) is 2.39. The van der Waals surface area contributed by atoms with Crippen LogP contribution in [-0.4, -0.2) is 46.7 Å². The van der Waals surface area contributed by atoms with Crippen LogP contribution in [0.1, 0.15) is 17.2 Å². The van der Waals surface area contributed by atoms with Crippen LogP contribution in [0.25, 0.3) is 6.08 Å². The van der Waals surface area contributed by atoms with Gasteiger partial charge in [-0.15, -0.1) is 0 Å². The Kier molecular flexibility index (Phi) is 5.05. The minimum atomic E-state index is -0.836. The Bertz CT molecular complexity index is 1010. The minimum Gasteiger partial charge on any atom is -0.503 e. The Morgan fingerprint density at radius 2 is 1.90 bits per heavy atom. The van der Waals surface area contributed by atoms with Gasteiger partial charge in [-0.25, -0.2) is 0 Å². The molecule has 7 nitrogen and oxygen atoms in total. The number of carbonyl (C=O) groups excluding carboxylic acids is 2. The summed E-state index contributed by atoms with van der Waals surface area (Å²) in [6.45, 7) is -0.238. The number of β-amino-alcohol motifs (C(OH)–C–C–N with tert-alkyl or cyclic N) is 1. The lowest BCUT2D eigenvalue weighted by Crippen LogP contribution is -2.33. The average molecular weight is 393 g/mol. The summed E-state index contributed by atoms with van der Waals surface area (Å²) in [6, 6.07) is 13.5. The third kappa shape index (κ3) is 3.48. The van der Waals surface area contributed by atoms with Gasteiger partial charge in [-0.1, -0.05) is 42.5 Å². The van der Waals surface area contributed by atoms with E-state index in [1.165, 1.54) is 11.0 Å². The van der Waals surface area contributed by atoms with Gasteiger partial charge in [0.1, 0.15) is 0 Å². The molecule has 2 aliphatic heterocycles. The van der Waals surface area contributed by atoms with Crippen molar-refractivity contribution in [3.8, 4) is 11.5 Å². The second-order valence-electron chi connectivity index (χ2n) is 6.61. The van der Waals surface area contributed by atoms with Gasteiger partial charge in [-0.05, 0) is 29.3 Å². The first-order valence-corrected chi connectivity index (χ1v) is 9.12. The van der Waals surface area contributed by atoms with Crippen molar-refractivity contribution in [2.45, 2.75) is 6.04 Å². The van der Waals surface area contributed by atoms with E-state index >= 15 is 0 Å². The van der Waals surface area contributed by atoms with Crippen LogP contribution in [0.3, 0.4) is 0 Å². The van der Waals surface area contributed by atoms with Gasteiger partial charge in [0.05, 0.1) is 18.2 Å². The van der Waals surface area contributed by atoms with Crippen LogP contribution in [0.15, 0.2) is 65.9 Å². The second-order valence-corrected chi connectivity index (χ2v) is 6.61. The maximum absolute atomic E-state index is 12.9. The Morgan fingerprint density at radius 1 is 1.14 bits per heavy atom. The van der Waals surface area contributed by atoms with Crippen LogP contribution in [0.4, 0.5) is 0 Å². The van der Waals surface area contributed by atoms with Gasteiger partial charge in [0, 0.05) is 6.54 Å². The fraction of sp³-hybridized carbons (Fsp3) is 0.182. The van der Waals surface area contributed by atoms with Crippen LogP contribution in [0, 0.1) is 0 Å². The lowest BCUT2D eigenvalue weighted by Gasteiger charge is -2.26. The summed E-state index contributed by atoms with van der Waals surface area (Å²) in [7, 11) is 0. The third-order valence-corrected chi connectivity index (χ3v) is 4.85. The summed E-state index contributed by atoms with van der Waals surface area (Å²) in [5, 5.41) is 19.8. The number of aliphatic hydroxyl groups is 2.